The van der Waals surface area contributed by atoms with Crippen molar-refractivity contribution < 1.29 is 24.2 Å². The fraction of sp³-hybridized carbons (Fsp3) is 0.606. The van der Waals surface area contributed by atoms with Crippen LogP contribution in [-0.4, -0.2) is 82.7 Å². The Morgan fingerprint density at radius 2 is 1.90 bits per heavy atom. The van der Waals surface area contributed by atoms with Crippen LogP contribution in [-0.2, 0) is 19.1 Å². The number of aliphatic hydroxyl groups excluding tert-OH is 1. The average Bonchev–Trinajstić information content (AvgIpc) is 3.46. The summed E-state index contributed by atoms with van der Waals surface area (Å²) in [6.45, 7) is 17.2. The van der Waals surface area contributed by atoms with Crippen molar-refractivity contribution >= 4 is 35.0 Å². The van der Waals surface area contributed by atoms with Crippen LogP contribution in [0.5, 0.6) is 0 Å². The Morgan fingerprint density at radius 3 is 2.52 bits per heavy atom. The third-order valence-electron chi connectivity index (χ3n) is 9.56. The molecule has 0 radical (unpaired) electrons. The molecule has 3 heterocycles. The lowest BCUT2D eigenvalue weighted by atomic mass is 9.62. The van der Waals surface area contributed by atoms with Gasteiger partial charge in [0.2, 0.25) is 11.8 Å². The predicted octanol–water partition coefficient (Wildman–Crippen LogP) is 4.77. The second-order valence-corrected chi connectivity index (χ2v) is 12.6. The van der Waals surface area contributed by atoms with Crippen molar-refractivity contribution in [2.75, 3.05) is 37.7 Å². The number of aliphatic hydroxyl groups is 1. The fourth-order valence-corrected chi connectivity index (χ4v) is 7.98. The highest BCUT2D eigenvalue weighted by molar-refractivity contribution is 6.34. The van der Waals surface area contributed by atoms with E-state index in [1.165, 1.54) is 0 Å². The number of aryl methyl sites for hydroxylation is 1. The first kappa shape index (κ1) is 32.2. The molecule has 0 aromatic heterocycles. The average molecular weight is 600 g/mol. The predicted molar refractivity (Wildman–Crippen MR) is 165 cm³/mol. The van der Waals surface area contributed by atoms with E-state index in [4.69, 9.17) is 16.3 Å². The maximum Gasteiger partial charge on any atom is 0.253 e. The van der Waals surface area contributed by atoms with Crippen molar-refractivity contribution in [2.45, 2.75) is 77.0 Å². The Morgan fingerprint density at radius 1 is 1.19 bits per heavy atom. The van der Waals surface area contributed by atoms with E-state index in [9.17, 15) is 19.5 Å². The molecule has 3 amide bonds. The van der Waals surface area contributed by atoms with Gasteiger partial charge >= 0.3 is 0 Å². The highest BCUT2D eigenvalue weighted by Gasteiger charge is 2.80. The van der Waals surface area contributed by atoms with Gasteiger partial charge < -0.3 is 24.5 Å². The molecule has 3 fully saturated rings. The normalized spacial score (nSPS) is 29.5. The summed E-state index contributed by atoms with van der Waals surface area (Å²) in [5.74, 6) is -2.17. The van der Waals surface area contributed by atoms with Gasteiger partial charge in [-0.15, -0.1) is 13.2 Å². The van der Waals surface area contributed by atoms with Gasteiger partial charge in [-0.05, 0) is 63.5 Å². The Kier molecular flexibility index (Phi) is 9.90. The van der Waals surface area contributed by atoms with Gasteiger partial charge in [-0.1, -0.05) is 49.7 Å². The molecule has 1 aromatic carbocycles. The zero-order valence-electron chi connectivity index (χ0n) is 25.5. The number of carbonyl (C=O) groups is 3. The number of rotatable bonds is 14. The number of halogens is 1. The summed E-state index contributed by atoms with van der Waals surface area (Å²) < 4.78 is 6.93. The van der Waals surface area contributed by atoms with E-state index in [2.05, 4.69) is 20.1 Å². The Hall–Kier alpha value is -2.68. The van der Waals surface area contributed by atoms with Crippen LogP contribution in [0.2, 0.25) is 5.02 Å². The van der Waals surface area contributed by atoms with Crippen LogP contribution >= 0.6 is 11.6 Å². The van der Waals surface area contributed by atoms with Gasteiger partial charge in [0.25, 0.3) is 5.91 Å². The highest BCUT2D eigenvalue weighted by Crippen LogP contribution is 2.65. The minimum absolute atomic E-state index is 0.0535. The van der Waals surface area contributed by atoms with Gasteiger partial charge in [-0.25, -0.2) is 0 Å². The van der Waals surface area contributed by atoms with Crippen LogP contribution in [0.3, 0.4) is 0 Å². The number of anilines is 1. The maximum absolute atomic E-state index is 14.8. The van der Waals surface area contributed by atoms with E-state index in [1.54, 1.807) is 32.9 Å². The second kappa shape index (κ2) is 12.9. The smallest absolute Gasteiger partial charge is 0.253 e. The summed E-state index contributed by atoms with van der Waals surface area (Å²) >= 11 is 6.66. The molecule has 0 saturated carbocycles. The lowest BCUT2D eigenvalue weighted by molar-refractivity contribution is -0.151. The van der Waals surface area contributed by atoms with Crippen LogP contribution in [0.25, 0.3) is 0 Å². The van der Waals surface area contributed by atoms with E-state index >= 15 is 0 Å². The van der Waals surface area contributed by atoms with Gasteiger partial charge in [0, 0.05) is 32.8 Å². The van der Waals surface area contributed by atoms with Crippen LogP contribution in [0, 0.1) is 24.7 Å². The number of ether oxygens (including phenoxy) is 1. The van der Waals surface area contributed by atoms with E-state index in [0.29, 0.717) is 56.0 Å². The summed E-state index contributed by atoms with van der Waals surface area (Å²) in [7, 11) is 0. The Bertz CT molecular complexity index is 1200. The summed E-state index contributed by atoms with van der Waals surface area (Å²) in [5.41, 5.74) is -0.637. The molecule has 4 rings (SSSR count). The monoisotopic (exact) mass is 599 g/mol. The first-order valence-corrected chi connectivity index (χ1v) is 15.6. The van der Waals surface area contributed by atoms with Crippen molar-refractivity contribution in [2.24, 2.45) is 17.8 Å². The van der Waals surface area contributed by atoms with Gasteiger partial charge in [0.1, 0.15) is 11.6 Å². The molecule has 1 aromatic rings. The molecule has 1 spiro atoms. The van der Waals surface area contributed by atoms with Crippen LogP contribution < -0.4 is 4.90 Å². The van der Waals surface area contributed by atoms with Gasteiger partial charge in [-0.3, -0.25) is 14.4 Å². The molecule has 3 saturated heterocycles. The van der Waals surface area contributed by atoms with E-state index in [0.717, 1.165) is 12.0 Å². The fourth-order valence-electron chi connectivity index (χ4n) is 7.65. The molecule has 9 heteroatoms. The second-order valence-electron chi connectivity index (χ2n) is 12.2. The number of likely N-dealkylation sites (tertiary alicyclic amines) is 1. The van der Waals surface area contributed by atoms with Gasteiger partial charge in [0.05, 0.1) is 28.1 Å². The zero-order valence-corrected chi connectivity index (χ0v) is 26.2. The Labute approximate surface area is 255 Å². The molecule has 3 aliphatic rings. The number of nitrogens with zero attached hydrogens (tertiary/aromatic N) is 3. The molecule has 6 atom stereocenters. The zero-order chi connectivity index (χ0) is 30.8. The minimum atomic E-state index is -1.15. The van der Waals surface area contributed by atoms with Gasteiger partial charge in [-0.2, -0.15) is 0 Å². The van der Waals surface area contributed by atoms with Crippen molar-refractivity contribution in [3.05, 3.63) is 54.1 Å². The molecule has 3 unspecified atom stereocenters. The minimum Gasteiger partial charge on any atom is -0.396 e. The molecule has 1 N–H and O–H groups in total. The van der Waals surface area contributed by atoms with E-state index in [-0.39, 0.29) is 36.8 Å². The molecular formula is C33H46ClN3O5. The number of carbonyl (C=O) groups excluding carboxylic acids is 3. The number of amides is 3. The maximum atomic E-state index is 14.8. The summed E-state index contributed by atoms with van der Waals surface area (Å²) in [4.78, 5) is 48.6. The molecule has 2 bridgehead atoms. The molecule has 8 nitrogen and oxygen atoms in total. The van der Waals surface area contributed by atoms with Crippen molar-refractivity contribution in [3.8, 4) is 0 Å². The van der Waals surface area contributed by atoms with Crippen LogP contribution in [0.15, 0.2) is 43.5 Å². The molecule has 42 heavy (non-hydrogen) atoms. The number of para-hydroxylation sites is 1. The van der Waals surface area contributed by atoms with Crippen LogP contribution in [0.1, 0.15) is 58.4 Å². The molecule has 0 aliphatic carbocycles. The molecular weight excluding hydrogens is 554 g/mol. The van der Waals surface area contributed by atoms with E-state index < -0.39 is 29.1 Å². The number of unbranched alkanes of at least 4 members (excludes halogenated alkanes) is 2. The highest BCUT2D eigenvalue weighted by atomic mass is 35.5. The van der Waals surface area contributed by atoms with E-state index in [1.807, 2.05) is 32.9 Å². The lowest BCUT2D eigenvalue weighted by Gasteiger charge is -2.39. The van der Waals surface area contributed by atoms with Crippen molar-refractivity contribution in [1.82, 2.24) is 9.80 Å². The van der Waals surface area contributed by atoms with Crippen molar-refractivity contribution in [3.63, 3.8) is 0 Å². The summed E-state index contributed by atoms with van der Waals surface area (Å²) in [5, 5.41) is 9.77. The third-order valence-corrected chi connectivity index (χ3v) is 9.87. The first-order valence-electron chi connectivity index (χ1n) is 15.2. The summed E-state index contributed by atoms with van der Waals surface area (Å²) in [6.07, 6.45) is 6.56. The molecule has 3 aliphatic heterocycles. The number of hydrogen-bond acceptors (Lipinski definition) is 5. The quantitative estimate of drug-likeness (QED) is 0.246. The third kappa shape index (κ3) is 5.20. The Balaban J connectivity index is 1.84. The topological polar surface area (TPSA) is 90.4 Å². The van der Waals surface area contributed by atoms with Crippen molar-refractivity contribution in [1.29, 1.82) is 0 Å². The standard InChI is InChI=1S/C33H46ClN3O5/c1-7-16-35(17-8-2)29(39)25-26-30(40)37(19-11-10-12-20-38)28(33(26)21-23(5)32(25,6)42-33)31(41)36(18-9-3)27-22(4)14-13-15-24(27)34/h7,9,13-15,23,25-26,28,38H,1,3,8,10-12,16-21H2,2,4-6H3/t23?,25-,26-,28?,32+,33?/m0/s1. The summed E-state index contributed by atoms with van der Waals surface area (Å²) in [6, 6.07) is 4.55. The first-order chi connectivity index (χ1) is 20.0. The van der Waals surface area contributed by atoms with Gasteiger partial charge in [0.15, 0.2) is 0 Å². The number of fused-ring (bicyclic) bond motifs is 1. The molecule has 230 valence electrons. The largest absolute Gasteiger partial charge is 0.396 e. The number of hydrogen-bond donors (Lipinski definition) is 1. The SMILES string of the molecule is C=CCN(CCC)C(=O)[C@@H]1[C@H]2C(=O)N(CCCCCO)C(C(=O)N(CC=C)c3c(C)cccc3Cl)C23CC(C)[C@@]1(C)O3. The van der Waals surface area contributed by atoms with Crippen LogP contribution in [0.4, 0.5) is 5.69 Å². The lowest BCUT2D eigenvalue weighted by Crippen LogP contribution is -2.57. The number of benzene rings is 1.